The molecule has 1 N–H and O–H groups in total. The van der Waals surface area contributed by atoms with Crippen molar-refractivity contribution in [2.45, 2.75) is 39.7 Å². The molecule has 0 amide bonds. The molecule has 1 aliphatic rings. The summed E-state index contributed by atoms with van der Waals surface area (Å²) in [4.78, 5) is 6.71. The van der Waals surface area contributed by atoms with Crippen LogP contribution < -0.4 is 5.32 Å². The van der Waals surface area contributed by atoms with Crippen molar-refractivity contribution in [2.24, 2.45) is 10.4 Å². The first-order valence-electron chi connectivity index (χ1n) is 7.51. The second-order valence-corrected chi connectivity index (χ2v) is 6.88. The highest BCUT2D eigenvalue weighted by molar-refractivity contribution is 14.0. The molecule has 0 bridgehead atoms. The minimum absolute atomic E-state index is 0. The van der Waals surface area contributed by atoms with Gasteiger partial charge in [-0.3, -0.25) is 4.99 Å². The van der Waals surface area contributed by atoms with Crippen molar-refractivity contribution >= 4 is 29.9 Å². The van der Waals surface area contributed by atoms with E-state index in [4.69, 9.17) is 0 Å². The van der Waals surface area contributed by atoms with E-state index in [9.17, 15) is 4.39 Å². The molecule has 124 valence electrons. The number of hydrogen-bond donors (Lipinski definition) is 1. The van der Waals surface area contributed by atoms with E-state index in [0.717, 1.165) is 31.0 Å². The minimum atomic E-state index is -0.188. The highest BCUT2D eigenvalue weighted by atomic mass is 127. The Morgan fingerprint density at radius 2 is 1.82 bits per heavy atom. The first-order chi connectivity index (χ1) is 9.78. The van der Waals surface area contributed by atoms with Crippen LogP contribution in [0.25, 0.3) is 0 Å². The highest BCUT2D eigenvalue weighted by Gasteiger charge is 2.53. The first-order valence-corrected chi connectivity index (χ1v) is 7.51. The van der Waals surface area contributed by atoms with E-state index in [1.807, 2.05) is 19.2 Å². The molecule has 0 aromatic heterocycles. The van der Waals surface area contributed by atoms with Gasteiger partial charge in [0.2, 0.25) is 0 Å². The van der Waals surface area contributed by atoms with Crippen molar-refractivity contribution in [3.05, 3.63) is 35.6 Å². The number of guanidine groups is 1. The van der Waals surface area contributed by atoms with Gasteiger partial charge in [0.15, 0.2) is 5.96 Å². The van der Waals surface area contributed by atoms with E-state index >= 15 is 0 Å². The average Bonchev–Trinajstić information content (AvgIpc) is 2.44. The molecule has 2 rings (SSSR count). The number of hydrogen-bond acceptors (Lipinski definition) is 1. The molecule has 1 saturated heterocycles. The van der Waals surface area contributed by atoms with Crippen LogP contribution in [0.2, 0.25) is 0 Å². The fourth-order valence-electron chi connectivity index (χ4n) is 2.67. The number of nitrogens with one attached hydrogen (secondary N) is 1. The first kappa shape index (κ1) is 19.2. The molecule has 0 saturated carbocycles. The van der Waals surface area contributed by atoms with Crippen LogP contribution >= 0.6 is 24.0 Å². The molecule has 0 radical (unpaired) electrons. The smallest absolute Gasteiger partial charge is 0.194 e. The van der Waals surface area contributed by atoms with Crippen LogP contribution in [0.4, 0.5) is 4.39 Å². The molecule has 1 aromatic rings. The Morgan fingerprint density at radius 1 is 1.23 bits per heavy atom. The summed E-state index contributed by atoms with van der Waals surface area (Å²) < 4.78 is 12.9. The van der Waals surface area contributed by atoms with Gasteiger partial charge >= 0.3 is 0 Å². The second kappa shape index (κ2) is 7.15. The number of aliphatic imine (C=N–C) groups is 1. The zero-order valence-corrected chi connectivity index (χ0v) is 16.4. The quantitative estimate of drug-likeness (QED) is 0.460. The topological polar surface area (TPSA) is 27.6 Å². The van der Waals surface area contributed by atoms with Gasteiger partial charge < -0.3 is 10.2 Å². The van der Waals surface area contributed by atoms with Crippen molar-refractivity contribution in [2.75, 3.05) is 20.1 Å². The highest BCUT2D eigenvalue weighted by Crippen LogP contribution is 2.46. The number of benzene rings is 1. The van der Waals surface area contributed by atoms with Gasteiger partial charge in [-0.2, -0.15) is 0 Å². The third kappa shape index (κ3) is 3.73. The molecule has 0 aliphatic carbocycles. The number of nitrogens with zero attached hydrogens (tertiary/aromatic N) is 2. The van der Waals surface area contributed by atoms with E-state index < -0.39 is 0 Å². The SMILES string of the molecule is CN=C(NCCc1ccc(F)cc1)N1CC(C)(C)C1(C)C.I. The summed E-state index contributed by atoms with van der Waals surface area (Å²) in [5, 5.41) is 3.41. The predicted octanol–water partition coefficient (Wildman–Crippen LogP) is 3.68. The van der Waals surface area contributed by atoms with Gasteiger partial charge in [0.25, 0.3) is 0 Å². The molecule has 1 aromatic carbocycles. The molecule has 0 spiro atoms. The Hall–Kier alpha value is -0.850. The van der Waals surface area contributed by atoms with Crippen LogP contribution in [0.15, 0.2) is 29.3 Å². The summed E-state index contributed by atoms with van der Waals surface area (Å²) in [7, 11) is 1.82. The summed E-state index contributed by atoms with van der Waals surface area (Å²) >= 11 is 0. The fraction of sp³-hybridized carbons (Fsp3) is 0.588. The normalized spacial score (nSPS) is 19.2. The Morgan fingerprint density at radius 3 is 2.27 bits per heavy atom. The van der Waals surface area contributed by atoms with E-state index in [1.165, 1.54) is 12.1 Å². The predicted molar refractivity (Wildman–Crippen MR) is 101 cm³/mol. The monoisotopic (exact) mass is 419 g/mol. The number of rotatable bonds is 3. The Bertz CT molecular complexity index is 523. The van der Waals surface area contributed by atoms with Crippen LogP contribution in [0.1, 0.15) is 33.3 Å². The molecule has 1 heterocycles. The van der Waals surface area contributed by atoms with Crippen LogP contribution in [0.3, 0.4) is 0 Å². The van der Waals surface area contributed by atoms with Gasteiger partial charge in [-0.15, -0.1) is 24.0 Å². The van der Waals surface area contributed by atoms with Gasteiger partial charge in [0, 0.05) is 31.1 Å². The van der Waals surface area contributed by atoms with Crippen molar-refractivity contribution in [1.82, 2.24) is 10.2 Å². The Balaban J connectivity index is 0.00000242. The Kier molecular flexibility index (Phi) is 6.24. The van der Waals surface area contributed by atoms with E-state index in [-0.39, 0.29) is 35.3 Å². The second-order valence-electron chi connectivity index (χ2n) is 6.88. The minimum Gasteiger partial charge on any atom is -0.356 e. The van der Waals surface area contributed by atoms with Crippen LogP contribution in [-0.2, 0) is 6.42 Å². The zero-order valence-electron chi connectivity index (χ0n) is 14.1. The third-order valence-corrected chi connectivity index (χ3v) is 4.96. The summed E-state index contributed by atoms with van der Waals surface area (Å²) in [5.41, 5.74) is 1.52. The number of likely N-dealkylation sites (tertiary alicyclic amines) is 1. The van der Waals surface area contributed by atoms with Crippen LogP contribution in [0.5, 0.6) is 0 Å². The molecule has 1 aliphatic heterocycles. The lowest BCUT2D eigenvalue weighted by atomic mass is 9.65. The molecule has 1 fully saturated rings. The third-order valence-electron chi connectivity index (χ3n) is 4.96. The standard InChI is InChI=1S/C17H26FN3.HI/c1-16(2)12-21(17(16,3)4)15(19-5)20-11-10-13-6-8-14(18)9-7-13;/h6-9H,10-12H2,1-5H3,(H,19,20);1H. The Labute approximate surface area is 150 Å². The molecule has 0 unspecified atom stereocenters. The van der Waals surface area contributed by atoms with E-state index in [2.05, 4.69) is 42.9 Å². The maximum absolute atomic E-state index is 12.9. The summed E-state index contributed by atoms with van der Waals surface area (Å²) in [5.74, 6) is 0.758. The molecular formula is C17H27FIN3. The average molecular weight is 419 g/mol. The lowest BCUT2D eigenvalue weighted by Crippen LogP contribution is -2.72. The van der Waals surface area contributed by atoms with Crippen molar-refractivity contribution in [3.63, 3.8) is 0 Å². The summed E-state index contributed by atoms with van der Waals surface area (Å²) in [6.07, 6.45) is 0.858. The summed E-state index contributed by atoms with van der Waals surface area (Å²) in [6, 6.07) is 6.67. The van der Waals surface area contributed by atoms with Gasteiger partial charge in [0.05, 0.1) is 0 Å². The van der Waals surface area contributed by atoms with Crippen molar-refractivity contribution in [3.8, 4) is 0 Å². The van der Waals surface area contributed by atoms with Gasteiger partial charge in [-0.1, -0.05) is 26.0 Å². The van der Waals surface area contributed by atoms with Gasteiger partial charge in [-0.25, -0.2) is 4.39 Å². The fourth-order valence-corrected chi connectivity index (χ4v) is 2.67. The molecular weight excluding hydrogens is 392 g/mol. The maximum Gasteiger partial charge on any atom is 0.194 e. The van der Waals surface area contributed by atoms with Gasteiger partial charge in [-0.05, 0) is 38.0 Å². The zero-order chi connectivity index (χ0) is 15.7. The molecule has 0 atom stereocenters. The van der Waals surface area contributed by atoms with Crippen molar-refractivity contribution in [1.29, 1.82) is 0 Å². The van der Waals surface area contributed by atoms with E-state index in [1.54, 1.807) is 0 Å². The maximum atomic E-state index is 12.9. The lowest BCUT2D eigenvalue weighted by molar-refractivity contribution is -0.0666. The van der Waals surface area contributed by atoms with Crippen LogP contribution in [0, 0.1) is 11.2 Å². The summed E-state index contributed by atoms with van der Waals surface area (Å²) in [6.45, 7) is 10.9. The van der Waals surface area contributed by atoms with Crippen LogP contribution in [-0.4, -0.2) is 36.5 Å². The largest absolute Gasteiger partial charge is 0.356 e. The number of halogens is 2. The lowest BCUT2D eigenvalue weighted by Gasteiger charge is -2.62. The van der Waals surface area contributed by atoms with Crippen molar-refractivity contribution < 1.29 is 4.39 Å². The molecule has 5 heteroatoms. The van der Waals surface area contributed by atoms with E-state index in [0.29, 0.717) is 5.41 Å². The molecule has 3 nitrogen and oxygen atoms in total. The molecule has 22 heavy (non-hydrogen) atoms. The van der Waals surface area contributed by atoms with Gasteiger partial charge in [0.1, 0.15) is 5.82 Å².